The number of benzene rings is 1. The summed E-state index contributed by atoms with van der Waals surface area (Å²) in [5.41, 5.74) is 4.57. The lowest BCUT2D eigenvalue weighted by Gasteiger charge is -2.15. The number of thiocarbonyl (C=S) groups is 1. The monoisotopic (exact) mass is 348 g/mol. The fraction of sp³-hybridized carbons (Fsp3) is 0.471. The first-order chi connectivity index (χ1) is 11.6. The summed E-state index contributed by atoms with van der Waals surface area (Å²) >= 11 is 5.06. The van der Waals surface area contributed by atoms with Crippen molar-refractivity contribution in [3.8, 4) is 5.75 Å². The van der Waals surface area contributed by atoms with Gasteiger partial charge in [-0.05, 0) is 68.7 Å². The summed E-state index contributed by atoms with van der Waals surface area (Å²) in [5.74, 6) is 0.727. The van der Waals surface area contributed by atoms with Crippen LogP contribution in [0.25, 0.3) is 0 Å². The molecule has 1 amide bonds. The van der Waals surface area contributed by atoms with E-state index in [2.05, 4.69) is 15.8 Å². The van der Waals surface area contributed by atoms with Crippen molar-refractivity contribution in [3.63, 3.8) is 0 Å². The van der Waals surface area contributed by atoms with E-state index >= 15 is 0 Å². The van der Waals surface area contributed by atoms with E-state index in [1.165, 1.54) is 0 Å². The summed E-state index contributed by atoms with van der Waals surface area (Å²) in [5, 5.41) is 7.70. The van der Waals surface area contributed by atoms with E-state index in [1.807, 2.05) is 43.0 Å². The molecule has 0 unspecified atom stereocenters. The number of carbonyl (C=O) groups excluding carboxylic acids is 1. The van der Waals surface area contributed by atoms with Crippen LogP contribution in [-0.2, 0) is 4.79 Å². The maximum Gasteiger partial charge on any atom is 0.260 e. The zero-order valence-corrected chi connectivity index (χ0v) is 15.0. The SMILES string of the molecule is CCNC(=S)N/N=C(/C)c1ccc(OCC(=O)N2CCCC2)cc1. The van der Waals surface area contributed by atoms with Crippen molar-refractivity contribution in [1.29, 1.82) is 0 Å². The Bertz CT molecular complexity index is 595. The smallest absolute Gasteiger partial charge is 0.260 e. The molecule has 7 heteroatoms. The molecule has 6 nitrogen and oxygen atoms in total. The van der Waals surface area contributed by atoms with Crippen LogP contribution in [-0.4, -0.2) is 47.9 Å². The zero-order chi connectivity index (χ0) is 17.4. The molecule has 130 valence electrons. The molecule has 1 aromatic rings. The first-order valence-corrected chi connectivity index (χ1v) is 8.60. The predicted molar refractivity (Wildman–Crippen MR) is 99.4 cm³/mol. The normalized spacial score (nSPS) is 14.4. The number of nitrogens with one attached hydrogen (secondary N) is 2. The van der Waals surface area contributed by atoms with Crippen molar-refractivity contribution in [2.75, 3.05) is 26.2 Å². The second-order valence-corrected chi connectivity index (χ2v) is 5.98. The summed E-state index contributed by atoms with van der Waals surface area (Å²) in [6.07, 6.45) is 2.18. The molecule has 1 aromatic carbocycles. The van der Waals surface area contributed by atoms with Gasteiger partial charge in [0.1, 0.15) is 5.75 Å². The van der Waals surface area contributed by atoms with Crippen molar-refractivity contribution in [2.45, 2.75) is 26.7 Å². The number of likely N-dealkylation sites (tertiary alicyclic amines) is 1. The Morgan fingerprint density at radius 3 is 2.58 bits per heavy atom. The van der Waals surface area contributed by atoms with Gasteiger partial charge in [-0.3, -0.25) is 10.2 Å². The highest BCUT2D eigenvalue weighted by molar-refractivity contribution is 7.80. The Morgan fingerprint density at radius 1 is 1.29 bits per heavy atom. The average molecular weight is 348 g/mol. The first kappa shape index (κ1) is 18.2. The lowest BCUT2D eigenvalue weighted by atomic mass is 10.1. The van der Waals surface area contributed by atoms with Crippen molar-refractivity contribution in [1.82, 2.24) is 15.6 Å². The second kappa shape index (κ2) is 9.22. The minimum Gasteiger partial charge on any atom is -0.484 e. The fourth-order valence-corrected chi connectivity index (χ4v) is 2.58. The van der Waals surface area contributed by atoms with E-state index in [0.29, 0.717) is 10.9 Å². The number of amides is 1. The molecular weight excluding hydrogens is 324 g/mol. The van der Waals surface area contributed by atoms with Crippen molar-refractivity contribution >= 4 is 28.9 Å². The summed E-state index contributed by atoms with van der Waals surface area (Å²) in [6.45, 7) is 6.40. The van der Waals surface area contributed by atoms with Gasteiger partial charge < -0.3 is 15.0 Å². The van der Waals surface area contributed by atoms with Gasteiger partial charge in [0.15, 0.2) is 11.7 Å². The van der Waals surface area contributed by atoms with Crippen LogP contribution in [0.5, 0.6) is 5.75 Å². The van der Waals surface area contributed by atoms with Gasteiger partial charge in [-0.25, -0.2) is 0 Å². The van der Waals surface area contributed by atoms with Gasteiger partial charge in [-0.2, -0.15) is 5.10 Å². The highest BCUT2D eigenvalue weighted by Crippen LogP contribution is 2.14. The highest BCUT2D eigenvalue weighted by Gasteiger charge is 2.17. The van der Waals surface area contributed by atoms with Crippen molar-refractivity contribution in [2.24, 2.45) is 5.10 Å². The molecule has 2 rings (SSSR count). The Kier molecular flexibility index (Phi) is 6.99. The van der Waals surface area contributed by atoms with Crippen LogP contribution < -0.4 is 15.5 Å². The van der Waals surface area contributed by atoms with Crippen LogP contribution >= 0.6 is 12.2 Å². The van der Waals surface area contributed by atoms with Crippen LogP contribution in [0.4, 0.5) is 0 Å². The van der Waals surface area contributed by atoms with Gasteiger partial charge in [0.2, 0.25) is 0 Å². The molecule has 2 N–H and O–H groups in total. The Balaban J connectivity index is 1.84. The highest BCUT2D eigenvalue weighted by atomic mass is 32.1. The zero-order valence-electron chi connectivity index (χ0n) is 14.2. The molecule has 1 aliphatic rings. The number of hydrogen-bond donors (Lipinski definition) is 2. The van der Waals surface area contributed by atoms with Crippen LogP contribution in [0, 0.1) is 0 Å². The number of carbonyl (C=O) groups is 1. The summed E-state index contributed by atoms with van der Waals surface area (Å²) in [7, 11) is 0. The second-order valence-electron chi connectivity index (χ2n) is 5.57. The molecule has 24 heavy (non-hydrogen) atoms. The minimum atomic E-state index is 0.0513. The molecular formula is C17H24N4O2S. The standard InChI is InChI=1S/C17H24N4O2S/c1-3-18-17(24)20-19-13(2)14-6-8-15(9-7-14)23-12-16(22)21-10-4-5-11-21/h6-9H,3-5,10-12H2,1-2H3,(H2,18,20,24)/b19-13-. The summed E-state index contributed by atoms with van der Waals surface area (Å²) in [4.78, 5) is 13.8. The van der Waals surface area contributed by atoms with Crippen LogP contribution in [0.15, 0.2) is 29.4 Å². The predicted octanol–water partition coefficient (Wildman–Crippen LogP) is 1.90. The average Bonchev–Trinajstić information content (AvgIpc) is 3.13. The largest absolute Gasteiger partial charge is 0.484 e. The van der Waals surface area contributed by atoms with Crippen LogP contribution in [0.3, 0.4) is 0 Å². The molecule has 0 aliphatic carbocycles. The molecule has 0 saturated carbocycles. The first-order valence-electron chi connectivity index (χ1n) is 8.19. The van der Waals surface area contributed by atoms with E-state index in [0.717, 1.165) is 43.8 Å². The topological polar surface area (TPSA) is 66.0 Å². The number of ether oxygens (including phenoxy) is 1. The van der Waals surface area contributed by atoms with E-state index < -0.39 is 0 Å². The summed E-state index contributed by atoms with van der Waals surface area (Å²) < 4.78 is 5.57. The van der Waals surface area contributed by atoms with Crippen LogP contribution in [0.2, 0.25) is 0 Å². The van der Waals surface area contributed by atoms with Gasteiger partial charge in [0.25, 0.3) is 5.91 Å². The molecule has 0 aromatic heterocycles. The lowest BCUT2D eigenvalue weighted by Crippen LogP contribution is -2.32. The van der Waals surface area contributed by atoms with E-state index in [-0.39, 0.29) is 12.5 Å². The maximum absolute atomic E-state index is 12.0. The Labute approximate surface area is 148 Å². The van der Waals surface area contributed by atoms with Gasteiger partial charge in [0.05, 0.1) is 5.71 Å². The van der Waals surface area contributed by atoms with Gasteiger partial charge in [-0.15, -0.1) is 0 Å². The van der Waals surface area contributed by atoms with Gasteiger partial charge >= 0.3 is 0 Å². The minimum absolute atomic E-state index is 0.0513. The molecule has 0 bridgehead atoms. The molecule has 0 radical (unpaired) electrons. The number of hydrogen-bond acceptors (Lipinski definition) is 4. The Morgan fingerprint density at radius 2 is 1.96 bits per heavy atom. The molecule has 0 atom stereocenters. The molecule has 1 heterocycles. The van der Waals surface area contributed by atoms with Crippen molar-refractivity contribution < 1.29 is 9.53 Å². The molecule has 1 fully saturated rings. The van der Waals surface area contributed by atoms with E-state index in [9.17, 15) is 4.79 Å². The van der Waals surface area contributed by atoms with E-state index in [1.54, 1.807) is 0 Å². The third kappa shape index (κ3) is 5.49. The molecule has 1 aliphatic heterocycles. The lowest BCUT2D eigenvalue weighted by molar-refractivity contribution is -0.132. The third-order valence-corrected chi connectivity index (χ3v) is 3.99. The molecule has 0 spiro atoms. The van der Waals surface area contributed by atoms with E-state index in [4.69, 9.17) is 17.0 Å². The third-order valence-electron chi connectivity index (χ3n) is 3.76. The number of nitrogens with zero attached hydrogens (tertiary/aromatic N) is 2. The Hall–Kier alpha value is -2.15. The summed E-state index contributed by atoms with van der Waals surface area (Å²) in [6, 6.07) is 7.50. The van der Waals surface area contributed by atoms with Crippen LogP contribution in [0.1, 0.15) is 32.3 Å². The van der Waals surface area contributed by atoms with Gasteiger partial charge in [-0.1, -0.05) is 0 Å². The molecule has 1 saturated heterocycles. The quantitative estimate of drug-likeness (QED) is 0.467. The fourth-order valence-electron chi connectivity index (χ4n) is 2.39. The number of rotatable bonds is 6. The number of hydrazone groups is 1. The van der Waals surface area contributed by atoms with Crippen molar-refractivity contribution in [3.05, 3.63) is 29.8 Å². The maximum atomic E-state index is 12.0. The van der Waals surface area contributed by atoms with Gasteiger partial charge in [0, 0.05) is 19.6 Å².